The monoisotopic (exact) mass is 306 g/mol. The standard InChI is InChI=1S/C17H16N4.C2H6/c1-2-9-19-14-6-4-13(5-7-14)17-20-15-8-3-12(11-18)10-16(15)21-17;1-2/h3-8,10,19H,2,9H2,1H3,(H,20,21);1-2H3. The van der Waals surface area contributed by atoms with Crippen molar-refractivity contribution in [2.45, 2.75) is 27.2 Å². The van der Waals surface area contributed by atoms with E-state index in [-0.39, 0.29) is 0 Å². The zero-order valence-electron chi connectivity index (χ0n) is 13.9. The van der Waals surface area contributed by atoms with Gasteiger partial charge in [-0.25, -0.2) is 4.98 Å². The van der Waals surface area contributed by atoms with E-state index in [1.807, 2.05) is 38.1 Å². The fourth-order valence-electron chi connectivity index (χ4n) is 2.23. The maximum absolute atomic E-state index is 8.93. The van der Waals surface area contributed by atoms with Crippen LogP contribution in [0.1, 0.15) is 32.8 Å². The molecule has 2 N–H and O–H groups in total. The number of hydrogen-bond acceptors (Lipinski definition) is 3. The van der Waals surface area contributed by atoms with E-state index in [1.165, 1.54) is 0 Å². The molecule has 0 bridgehead atoms. The zero-order valence-corrected chi connectivity index (χ0v) is 13.9. The molecule has 0 saturated carbocycles. The highest BCUT2D eigenvalue weighted by Crippen LogP contribution is 2.22. The molecule has 1 heterocycles. The largest absolute Gasteiger partial charge is 0.385 e. The molecule has 0 radical (unpaired) electrons. The van der Waals surface area contributed by atoms with Crippen molar-refractivity contribution < 1.29 is 0 Å². The Kier molecular flexibility index (Phi) is 5.76. The van der Waals surface area contributed by atoms with Crippen LogP contribution >= 0.6 is 0 Å². The summed E-state index contributed by atoms with van der Waals surface area (Å²) in [5, 5.41) is 12.3. The number of rotatable bonds is 4. The summed E-state index contributed by atoms with van der Waals surface area (Å²) in [6, 6.07) is 15.8. The Hall–Kier alpha value is -2.80. The average molecular weight is 306 g/mol. The maximum Gasteiger partial charge on any atom is 0.138 e. The zero-order chi connectivity index (χ0) is 16.7. The highest BCUT2D eigenvalue weighted by Gasteiger charge is 2.06. The van der Waals surface area contributed by atoms with Crippen LogP contribution in [0.25, 0.3) is 22.4 Å². The summed E-state index contributed by atoms with van der Waals surface area (Å²) in [6.07, 6.45) is 1.10. The Morgan fingerprint density at radius 1 is 1.13 bits per heavy atom. The lowest BCUT2D eigenvalue weighted by atomic mass is 10.2. The van der Waals surface area contributed by atoms with Crippen molar-refractivity contribution in [3.8, 4) is 17.5 Å². The second-order valence-corrected chi connectivity index (χ2v) is 4.93. The molecule has 0 fully saturated rings. The lowest BCUT2D eigenvalue weighted by Gasteiger charge is -2.04. The molecule has 4 nitrogen and oxygen atoms in total. The second-order valence-electron chi connectivity index (χ2n) is 4.93. The molecule has 0 saturated heterocycles. The molecular formula is C19H22N4. The van der Waals surface area contributed by atoms with Crippen molar-refractivity contribution in [2.75, 3.05) is 11.9 Å². The van der Waals surface area contributed by atoms with Crippen molar-refractivity contribution in [1.82, 2.24) is 9.97 Å². The molecule has 0 amide bonds. The lowest BCUT2D eigenvalue weighted by molar-refractivity contribution is 0.980. The van der Waals surface area contributed by atoms with Gasteiger partial charge < -0.3 is 10.3 Å². The number of fused-ring (bicyclic) bond motifs is 1. The second kappa shape index (κ2) is 8.00. The number of nitrogens with one attached hydrogen (secondary N) is 2. The third-order valence-electron chi connectivity index (χ3n) is 3.35. The van der Waals surface area contributed by atoms with Crippen molar-refractivity contribution in [3.63, 3.8) is 0 Å². The Labute approximate surface area is 137 Å². The number of imidazole rings is 1. The summed E-state index contributed by atoms with van der Waals surface area (Å²) in [5.41, 5.74) is 4.54. The van der Waals surface area contributed by atoms with Crippen LogP contribution in [-0.2, 0) is 0 Å². The molecule has 0 spiro atoms. The highest BCUT2D eigenvalue weighted by atomic mass is 14.9. The maximum atomic E-state index is 8.93. The van der Waals surface area contributed by atoms with Gasteiger partial charge in [-0.1, -0.05) is 20.8 Å². The number of hydrogen-bond donors (Lipinski definition) is 2. The topological polar surface area (TPSA) is 64.5 Å². The molecule has 1 aromatic heterocycles. The number of H-pyrrole nitrogens is 1. The van der Waals surface area contributed by atoms with Gasteiger partial charge in [-0.15, -0.1) is 0 Å². The molecule has 2 aromatic carbocycles. The van der Waals surface area contributed by atoms with Gasteiger partial charge in [-0.2, -0.15) is 5.26 Å². The fraction of sp³-hybridized carbons (Fsp3) is 0.263. The van der Waals surface area contributed by atoms with Crippen molar-refractivity contribution in [1.29, 1.82) is 5.26 Å². The van der Waals surface area contributed by atoms with Crippen LogP contribution in [-0.4, -0.2) is 16.5 Å². The first-order valence-corrected chi connectivity index (χ1v) is 8.04. The number of aromatic amines is 1. The van der Waals surface area contributed by atoms with Gasteiger partial charge in [0.2, 0.25) is 0 Å². The first-order valence-electron chi connectivity index (χ1n) is 8.04. The number of nitriles is 1. The first kappa shape index (κ1) is 16.6. The molecular weight excluding hydrogens is 284 g/mol. The smallest absolute Gasteiger partial charge is 0.138 e. The van der Waals surface area contributed by atoms with E-state index in [0.29, 0.717) is 5.56 Å². The summed E-state index contributed by atoms with van der Waals surface area (Å²) in [5.74, 6) is 0.821. The summed E-state index contributed by atoms with van der Waals surface area (Å²) in [7, 11) is 0. The van der Waals surface area contributed by atoms with Gasteiger partial charge in [0.25, 0.3) is 0 Å². The van der Waals surface area contributed by atoms with Gasteiger partial charge in [0.15, 0.2) is 0 Å². The Balaban J connectivity index is 0.000000924. The number of nitrogens with zero attached hydrogens (tertiary/aromatic N) is 2. The van der Waals surface area contributed by atoms with Gasteiger partial charge in [0, 0.05) is 17.8 Å². The predicted molar refractivity (Wildman–Crippen MR) is 96.4 cm³/mol. The SMILES string of the molecule is CC.CCCNc1ccc(-c2nc3ccc(C#N)cc3[nH]2)cc1. The number of aromatic nitrogens is 2. The minimum absolute atomic E-state index is 0.636. The van der Waals surface area contributed by atoms with Gasteiger partial charge in [0.05, 0.1) is 22.7 Å². The van der Waals surface area contributed by atoms with Crippen LogP contribution in [0.3, 0.4) is 0 Å². The molecule has 0 aliphatic heterocycles. The fourth-order valence-corrected chi connectivity index (χ4v) is 2.23. The van der Waals surface area contributed by atoms with E-state index in [0.717, 1.165) is 41.1 Å². The molecule has 3 aromatic rings. The molecule has 23 heavy (non-hydrogen) atoms. The van der Waals surface area contributed by atoms with Crippen molar-refractivity contribution in [2.24, 2.45) is 0 Å². The van der Waals surface area contributed by atoms with E-state index in [2.05, 4.69) is 40.4 Å². The van der Waals surface area contributed by atoms with Crippen LogP contribution in [0.15, 0.2) is 42.5 Å². The average Bonchev–Trinajstić information content (AvgIpc) is 3.05. The van der Waals surface area contributed by atoms with E-state index >= 15 is 0 Å². The van der Waals surface area contributed by atoms with Gasteiger partial charge in [-0.3, -0.25) is 0 Å². The minimum atomic E-state index is 0.636. The quantitative estimate of drug-likeness (QED) is 0.716. The Bertz CT molecular complexity index is 794. The van der Waals surface area contributed by atoms with E-state index in [9.17, 15) is 0 Å². The van der Waals surface area contributed by atoms with Crippen LogP contribution in [0.5, 0.6) is 0 Å². The van der Waals surface area contributed by atoms with Crippen molar-refractivity contribution >= 4 is 16.7 Å². The van der Waals surface area contributed by atoms with Gasteiger partial charge in [0.1, 0.15) is 5.82 Å². The number of benzene rings is 2. The molecule has 0 unspecified atom stereocenters. The van der Waals surface area contributed by atoms with Crippen LogP contribution in [0.2, 0.25) is 0 Å². The third kappa shape index (κ3) is 3.89. The summed E-state index contributed by atoms with van der Waals surface area (Å²) in [4.78, 5) is 7.83. The normalized spacial score (nSPS) is 9.83. The Morgan fingerprint density at radius 3 is 2.52 bits per heavy atom. The highest BCUT2D eigenvalue weighted by molar-refractivity contribution is 5.80. The van der Waals surface area contributed by atoms with E-state index in [1.54, 1.807) is 6.07 Å². The number of anilines is 1. The molecule has 3 rings (SSSR count). The van der Waals surface area contributed by atoms with Crippen LogP contribution in [0, 0.1) is 11.3 Å². The predicted octanol–water partition coefficient (Wildman–Crippen LogP) is 4.95. The summed E-state index contributed by atoms with van der Waals surface area (Å²) < 4.78 is 0. The van der Waals surface area contributed by atoms with Crippen molar-refractivity contribution in [3.05, 3.63) is 48.0 Å². The molecule has 0 atom stereocenters. The van der Waals surface area contributed by atoms with E-state index in [4.69, 9.17) is 5.26 Å². The van der Waals surface area contributed by atoms with Crippen LogP contribution < -0.4 is 5.32 Å². The van der Waals surface area contributed by atoms with Crippen LogP contribution in [0.4, 0.5) is 5.69 Å². The van der Waals surface area contributed by atoms with Gasteiger partial charge >= 0.3 is 0 Å². The van der Waals surface area contributed by atoms with E-state index < -0.39 is 0 Å². The summed E-state index contributed by atoms with van der Waals surface area (Å²) >= 11 is 0. The third-order valence-corrected chi connectivity index (χ3v) is 3.35. The molecule has 118 valence electrons. The first-order chi connectivity index (χ1) is 11.3. The lowest BCUT2D eigenvalue weighted by Crippen LogP contribution is -1.98. The summed E-state index contributed by atoms with van der Waals surface area (Å²) in [6.45, 7) is 7.12. The molecule has 0 aliphatic rings. The molecule has 4 heteroatoms. The Morgan fingerprint density at radius 2 is 1.87 bits per heavy atom. The molecule has 0 aliphatic carbocycles. The van der Waals surface area contributed by atoms with Gasteiger partial charge in [-0.05, 0) is 48.9 Å². The minimum Gasteiger partial charge on any atom is -0.385 e.